The van der Waals surface area contributed by atoms with Crippen molar-refractivity contribution in [2.75, 3.05) is 13.7 Å². The minimum absolute atomic E-state index is 0.124. The van der Waals surface area contributed by atoms with E-state index in [4.69, 9.17) is 4.74 Å². The summed E-state index contributed by atoms with van der Waals surface area (Å²) in [4.78, 5) is 15.7. The molecule has 0 saturated carbocycles. The number of hydrogen-bond donors (Lipinski definition) is 1. The van der Waals surface area contributed by atoms with Gasteiger partial charge in [0.25, 0.3) is 5.56 Å². The van der Waals surface area contributed by atoms with Crippen molar-refractivity contribution in [1.29, 1.82) is 0 Å². The molecule has 32 heavy (non-hydrogen) atoms. The number of methoxy groups -OCH3 is 1. The van der Waals surface area contributed by atoms with Crippen LogP contribution in [0, 0.1) is 5.82 Å². The number of nitrogens with zero attached hydrogens (tertiary/aromatic N) is 2. The highest BCUT2D eigenvalue weighted by molar-refractivity contribution is 7.89. The van der Waals surface area contributed by atoms with Crippen LogP contribution in [-0.4, -0.2) is 31.6 Å². The summed E-state index contributed by atoms with van der Waals surface area (Å²) in [6, 6.07) is 9.50. The maximum absolute atomic E-state index is 13.4. The lowest BCUT2D eigenvalue weighted by atomic mass is 10.1. The number of nitrogens with one attached hydrogen (secondary N) is 1. The molecular weight excluding hydrogens is 454 g/mol. The zero-order valence-electron chi connectivity index (χ0n) is 16.6. The summed E-state index contributed by atoms with van der Waals surface area (Å²) in [7, 11) is -2.84. The first-order chi connectivity index (χ1) is 15.0. The standard InChI is InChI=1S/C20H17F4N3O4S/c1-31-14-4-2-13(3-5-14)18-11-19(28)27(12-25-18)9-8-26-32(29,30)15-6-7-17(21)16(10-15)20(22,23)24/h2-7,10-12,26H,8-9H2,1H3. The number of sulfonamides is 1. The van der Waals surface area contributed by atoms with Gasteiger partial charge in [-0.1, -0.05) is 0 Å². The number of hydrogen-bond acceptors (Lipinski definition) is 5. The van der Waals surface area contributed by atoms with Crippen LogP contribution in [0.15, 0.2) is 64.5 Å². The highest BCUT2D eigenvalue weighted by Gasteiger charge is 2.35. The van der Waals surface area contributed by atoms with Gasteiger partial charge in [-0.3, -0.25) is 9.36 Å². The van der Waals surface area contributed by atoms with Gasteiger partial charge in [-0.05, 0) is 42.5 Å². The second-order valence-corrected chi connectivity index (χ2v) is 8.34. The lowest BCUT2D eigenvalue weighted by Gasteiger charge is -2.12. The Morgan fingerprint density at radius 2 is 1.78 bits per heavy atom. The van der Waals surface area contributed by atoms with E-state index in [1.807, 2.05) is 0 Å². The van der Waals surface area contributed by atoms with Crippen molar-refractivity contribution in [2.24, 2.45) is 0 Å². The van der Waals surface area contributed by atoms with Crippen molar-refractivity contribution in [3.8, 4) is 17.0 Å². The van der Waals surface area contributed by atoms with Crippen LogP contribution in [0.3, 0.4) is 0 Å². The Hall–Kier alpha value is -3.25. The van der Waals surface area contributed by atoms with Gasteiger partial charge in [-0.25, -0.2) is 22.5 Å². The summed E-state index contributed by atoms with van der Waals surface area (Å²) >= 11 is 0. The van der Waals surface area contributed by atoms with Gasteiger partial charge in [0.2, 0.25) is 10.0 Å². The van der Waals surface area contributed by atoms with Crippen LogP contribution in [0.4, 0.5) is 17.6 Å². The predicted molar refractivity (Wildman–Crippen MR) is 107 cm³/mol. The van der Waals surface area contributed by atoms with E-state index in [0.29, 0.717) is 23.1 Å². The molecule has 1 N–H and O–H groups in total. The maximum Gasteiger partial charge on any atom is 0.419 e. The first kappa shape index (κ1) is 23.4. The average molecular weight is 471 g/mol. The smallest absolute Gasteiger partial charge is 0.419 e. The molecule has 7 nitrogen and oxygen atoms in total. The Kier molecular flexibility index (Phi) is 6.65. The minimum Gasteiger partial charge on any atom is -0.497 e. The molecule has 0 amide bonds. The highest BCUT2D eigenvalue weighted by Crippen LogP contribution is 2.32. The van der Waals surface area contributed by atoms with Crippen LogP contribution in [0.2, 0.25) is 0 Å². The van der Waals surface area contributed by atoms with Crippen LogP contribution in [-0.2, 0) is 22.7 Å². The average Bonchev–Trinajstić information content (AvgIpc) is 2.74. The number of halogens is 4. The van der Waals surface area contributed by atoms with Crippen molar-refractivity contribution in [1.82, 2.24) is 14.3 Å². The monoisotopic (exact) mass is 471 g/mol. The van der Waals surface area contributed by atoms with Gasteiger partial charge in [0.1, 0.15) is 11.6 Å². The van der Waals surface area contributed by atoms with E-state index in [-0.39, 0.29) is 19.2 Å². The number of alkyl halides is 3. The fourth-order valence-corrected chi connectivity index (χ4v) is 3.83. The Balaban J connectivity index is 1.70. The van der Waals surface area contributed by atoms with Crippen molar-refractivity contribution in [3.63, 3.8) is 0 Å². The van der Waals surface area contributed by atoms with E-state index in [1.165, 1.54) is 19.5 Å². The van der Waals surface area contributed by atoms with Gasteiger partial charge < -0.3 is 4.74 Å². The topological polar surface area (TPSA) is 90.3 Å². The third-order valence-corrected chi connectivity index (χ3v) is 5.92. The van der Waals surface area contributed by atoms with E-state index in [1.54, 1.807) is 24.3 Å². The SMILES string of the molecule is COc1ccc(-c2cc(=O)n(CCNS(=O)(=O)c3ccc(F)c(C(F)(F)F)c3)cn2)cc1. The molecule has 3 aromatic rings. The molecule has 0 aliphatic heterocycles. The first-order valence-electron chi connectivity index (χ1n) is 9.08. The van der Waals surface area contributed by atoms with E-state index in [0.717, 1.165) is 10.6 Å². The molecule has 0 aliphatic carbocycles. The molecule has 0 spiro atoms. The maximum atomic E-state index is 13.4. The summed E-state index contributed by atoms with van der Waals surface area (Å²) in [5, 5.41) is 0. The molecule has 3 rings (SSSR count). The van der Waals surface area contributed by atoms with Gasteiger partial charge >= 0.3 is 6.18 Å². The summed E-state index contributed by atoms with van der Waals surface area (Å²) < 4.78 is 84.7. The Morgan fingerprint density at radius 3 is 2.38 bits per heavy atom. The number of benzene rings is 2. The van der Waals surface area contributed by atoms with Crippen LogP contribution < -0.4 is 15.0 Å². The van der Waals surface area contributed by atoms with Gasteiger partial charge in [0.05, 0.1) is 29.6 Å². The molecule has 12 heteroatoms. The van der Waals surface area contributed by atoms with E-state index < -0.39 is 38.0 Å². The molecule has 0 saturated heterocycles. The number of rotatable bonds is 7. The third kappa shape index (κ3) is 5.32. The number of ether oxygens (including phenoxy) is 1. The van der Waals surface area contributed by atoms with Gasteiger partial charge in [0, 0.05) is 24.7 Å². The zero-order valence-corrected chi connectivity index (χ0v) is 17.4. The second-order valence-electron chi connectivity index (χ2n) is 6.57. The normalized spacial score (nSPS) is 12.0. The quantitative estimate of drug-likeness (QED) is 0.535. The predicted octanol–water partition coefficient (Wildman–Crippen LogP) is 3.06. The van der Waals surface area contributed by atoms with Crippen LogP contribution in [0.5, 0.6) is 5.75 Å². The number of aromatic nitrogens is 2. The molecule has 1 aromatic heterocycles. The van der Waals surface area contributed by atoms with Gasteiger partial charge in [-0.15, -0.1) is 0 Å². The molecular formula is C20H17F4N3O4S. The highest BCUT2D eigenvalue weighted by atomic mass is 32.2. The molecule has 0 fully saturated rings. The Morgan fingerprint density at radius 1 is 1.09 bits per heavy atom. The lowest BCUT2D eigenvalue weighted by molar-refractivity contribution is -0.140. The summed E-state index contributed by atoms with van der Waals surface area (Å²) in [5.41, 5.74) is -1.06. The minimum atomic E-state index is -5.04. The van der Waals surface area contributed by atoms with Gasteiger partial charge in [-0.2, -0.15) is 13.2 Å². The first-order valence-corrected chi connectivity index (χ1v) is 10.6. The second kappa shape index (κ2) is 9.09. The zero-order chi connectivity index (χ0) is 23.5. The lowest BCUT2D eigenvalue weighted by Crippen LogP contribution is -2.31. The van der Waals surface area contributed by atoms with E-state index >= 15 is 0 Å². The Bertz CT molecular complexity index is 1270. The molecule has 1 heterocycles. The van der Waals surface area contributed by atoms with Crippen LogP contribution in [0.25, 0.3) is 11.3 Å². The molecule has 0 aliphatic rings. The van der Waals surface area contributed by atoms with Crippen molar-refractivity contribution >= 4 is 10.0 Å². The summed E-state index contributed by atoms with van der Waals surface area (Å²) in [6.07, 6.45) is -3.81. The molecule has 0 atom stereocenters. The van der Waals surface area contributed by atoms with Crippen LogP contribution >= 0.6 is 0 Å². The third-order valence-electron chi connectivity index (χ3n) is 4.46. The fourth-order valence-electron chi connectivity index (χ4n) is 2.79. The molecule has 170 valence electrons. The van der Waals surface area contributed by atoms with E-state index in [2.05, 4.69) is 9.71 Å². The van der Waals surface area contributed by atoms with Crippen LogP contribution in [0.1, 0.15) is 5.56 Å². The van der Waals surface area contributed by atoms with Gasteiger partial charge in [0.15, 0.2) is 0 Å². The fraction of sp³-hybridized carbons (Fsp3) is 0.200. The molecule has 2 aromatic carbocycles. The molecule has 0 unspecified atom stereocenters. The van der Waals surface area contributed by atoms with Crippen molar-refractivity contribution < 1.29 is 30.7 Å². The molecule has 0 bridgehead atoms. The summed E-state index contributed by atoms with van der Waals surface area (Å²) in [6.45, 7) is -0.425. The van der Waals surface area contributed by atoms with E-state index in [9.17, 15) is 30.8 Å². The Labute approximate surface area is 180 Å². The summed E-state index contributed by atoms with van der Waals surface area (Å²) in [5.74, 6) is -0.941. The largest absolute Gasteiger partial charge is 0.497 e. The van der Waals surface area contributed by atoms with Crippen molar-refractivity contribution in [3.05, 3.63) is 76.6 Å². The molecule has 0 radical (unpaired) electrons. The van der Waals surface area contributed by atoms with Crippen molar-refractivity contribution in [2.45, 2.75) is 17.6 Å².